The van der Waals surface area contributed by atoms with Gasteiger partial charge in [-0.25, -0.2) is 9.97 Å². The fourth-order valence-corrected chi connectivity index (χ4v) is 4.89. The molecule has 0 saturated carbocycles. The summed E-state index contributed by atoms with van der Waals surface area (Å²) < 4.78 is 40.2. The lowest BCUT2D eigenvalue weighted by atomic mass is 10.1. The maximum Gasteiger partial charge on any atom is 0.451 e. The van der Waals surface area contributed by atoms with Gasteiger partial charge in [0.1, 0.15) is 5.82 Å². The number of amides is 1. The number of anilines is 1. The molecule has 5 rings (SSSR count). The topological polar surface area (TPSA) is 72.8 Å². The summed E-state index contributed by atoms with van der Waals surface area (Å²) in [5.74, 6) is -1.07. The lowest BCUT2D eigenvalue weighted by Crippen LogP contribution is -2.54. The number of aliphatic hydroxyl groups excluding tert-OH is 1. The first kappa shape index (κ1) is 23.8. The van der Waals surface area contributed by atoms with Crippen LogP contribution in [0.4, 0.5) is 19.0 Å². The normalized spacial score (nSPS) is 21.6. The van der Waals surface area contributed by atoms with Gasteiger partial charge in [0.2, 0.25) is 5.82 Å². The van der Waals surface area contributed by atoms with E-state index in [1.807, 2.05) is 4.90 Å². The van der Waals surface area contributed by atoms with E-state index in [0.29, 0.717) is 48.7 Å². The fraction of sp³-hybridized carbons (Fsp3) is 0.375. The van der Waals surface area contributed by atoms with E-state index >= 15 is 0 Å². The molecule has 2 atom stereocenters. The molecule has 2 aliphatic rings. The van der Waals surface area contributed by atoms with E-state index in [0.717, 1.165) is 0 Å². The average Bonchev–Trinajstić information content (AvgIpc) is 3.24. The van der Waals surface area contributed by atoms with Crippen molar-refractivity contribution < 1.29 is 23.1 Å². The third kappa shape index (κ3) is 4.78. The molecule has 2 saturated heterocycles. The van der Waals surface area contributed by atoms with Crippen molar-refractivity contribution in [2.24, 2.45) is 0 Å². The summed E-state index contributed by atoms with van der Waals surface area (Å²) >= 11 is 5.90. The number of carbonyl (C=O) groups is 1. The molecule has 3 aromatic rings. The molecule has 2 aliphatic heterocycles. The first-order valence-electron chi connectivity index (χ1n) is 11.3. The number of hydrogen-bond donors (Lipinski definition) is 1. The van der Waals surface area contributed by atoms with Gasteiger partial charge in [-0.1, -0.05) is 23.7 Å². The van der Waals surface area contributed by atoms with Gasteiger partial charge in [0.25, 0.3) is 5.91 Å². The van der Waals surface area contributed by atoms with Crippen LogP contribution in [0.3, 0.4) is 0 Å². The third-order valence-electron chi connectivity index (χ3n) is 6.56. The van der Waals surface area contributed by atoms with Crippen LogP contribution in [0.2, 0.25) is 5.02 Å². The summed E-state index contributed by atoms with van der Waals surface area (Å²) in [6.07, 6.45) is -5.36. The zero-order valence-corrected chi connectivity index (χ0v) is 19.4. The van der Waals surface area contributed by atoms with Gasteiger partial charge in [0.15, 0.2) is 0 Å². The summed E-state index contributed by atoms with van der Waals surface area (Å²) in [5.41, 5.74) is 0.748. The van der Waals surface area contributed by atoms with Gasteiger partial charge in [-0.15, -0.1) is 0 Å². The number of alkyl halides is 3. The van der Waals surface area contributed by atoms with Crippen molar-refractivity contribution in [3.05, 3.63) is 64.9 Å². The molecule has 0 aliphatic carbocycles. The van der Waals surface area contributed by atoms with Crippen molar-refractivity contribution in [3.8, 4) is 0 Å². The van der Waals surface area contributed by atoms with Crippen molar-refractivity contribution in [2.75, 3.05) is 44.2 Å². The van der Waals surface area contributed by atoms with E-state index in [1.54, 1.807) is 53.4 Å². The number of likely N-dealkylation sites (tertiary alicyclic amines) is 1. The lowest BCUT2D eigenvalue weighted by molar-refractivity contribution is -0.144. The van der Waals surface area contributed by atoms with Crippen LogP contribution in [0, 0.1) is 0 Å². The third-order valence-corrected chi connectivity index (χ3v) is 6.81. The molecule has 2 aromatic carbocycles. The Kier molecular flexibility index (Phi) is 6.29. The highest BCUT2D eigenvalue weighted by atomic mass is 35.5. The van der Waals surface area contributed by atoms with E-state index in [1.165, 1.54) is 0 Å². The van der Waals surface area contributed by atoms with Gasteiger partial charge in [0.05, 0.1) is 17.7 Å². The van der Waals surface area contributed by atoms with Gasteiger partial charge in [-0.3, -0.25) is 9.69 Å². The van der Waals surface area contributed by atoms with Crippen LogP contribution in [-0.2, 0) is 6.18 Å². The van der Waals surface area contributed by atoms with Gasteiger partial charge < -0.3 is 14.9 Å². The number of rotatable bonds is 3. The van der Waals surface area contributed by atoms with Crippen molar-refractivity contribution in [3.63, 3.8) is 0 Å². The quantitative estimate of drug-likeness (QED) is 0.589. The Morgan fingerprint density at radius 1 is 0.971 bits per heavy atom. The molecule has 184 valence electrons. The minimum atomic E-state index is -4.64. The first-order valence-corrected chi connectivity index (χ1v) is 11.6. The number of aliphatic hydroxyl groups is 1. The molecule has 11 heteroatoms. The van der Waals surface area contributed by atoms with E-state index in [-0.39, 0.29) is 29.8 Å². The number of fused-ring (bicyclic) bond motifs is 1. The Morgan fingerprint density at radius 3 is 2.34 bits per heavy atom. The number of carbonyl (C=O) groups excluding carboxylic acids is 1. The molecule has 1 N–H and O–H groups in total. The molecular weight excluding hydrogens is 483 g/mol. The van der Waals surface area contributed by atoms with Crippen LogP contribution in [0.5, 0.6) is 0 Å². The second-order valence-corrected chi connectivity index (χ2v) is 9.20. The molecule has 1 amide bonds. The van der Waals surface area contributed by atoms with Crippen molar-refractivity contribution in [1.82, 2.24) is 19.8 Å². The van der Waals surface area contributed by atoms with Gasteiger partial charge in [0, 0.05) is 55.2 Å². The van der Waals surface area contributed by atoms with Crippen molar-refractivity contribution >= 4 is 34.2 Å². The fourth-order valence-electron chi connectivity index (χ4n) is 4.76. The number of β-amino-alcohol motifs (C(OH)–C–C–N with tert-alkyl or cyclic N) is 1. The maximum atomic E-state index is 13.4. The SMILES string of the molecule is O=C(c1ccc(Cl)cc1)N1C[C@H](O)[C@@H](N2CCN(c3nc(C(F)(F)F)nc4ccccc34)CC2)C1. The average molecular weight is 506 g/mol. The van der Waals surface area contributed by atoms with E-state index < -0.39 is 18.1 Å². The Morgan fingerprint density at radius 2 is 1.66 bits per heavy atom. The van der Waals surface area contributed by atoms with E-state index in [4.69, 9.17) is 11.6 Å². The van der Waals surface area contributed by atoms with Crippen molar-refractivity contribution in [2.45, 2.75) is 18.3 Å². The molecule has 7 nitrogen and oxygen atoms in total. The molecule has 3 heterocycles. The molecule has 0 unspecified atom stereocenters. The predicted molar refractivity (Wildman–Crippen MR) is 125 cm³/mol. The first-order chi connectivity index (χ1) is 16.7. The molecule has 0 radical (unpaired) electrons. The number of nitrogens with zero attached hydrogens (tertiary/aromatic N) is 5. The van der Waals surface area contributed by atoms with Crippen LogP contribution >= 0.6 is 11.6 Å². The minimum Gasteiger partial charge on any atom is -0.390 e. The molecule has 1 aromatic heterocycles. The number of hydrogen-bond acceptors (Lipinski definition) is 6. The second kappa shape index (κ2) is 9.25. The van der Waals surface area contributed by atoms with Gasteiger partial charge >= 0.3 is 6.18 Å². The number of para-hydroxylation sites is 1. The summed E-state index contributed by atoms with van der Waals surface area (Å²) in [6.45, 7) is 2.50. The van der Waals surface area contributed by atoms with Gasteiger partial charge in [-0.05, 0) is 36.4 Å². The highest BCUT2D eigenvalue weighted by Gasteiger charge is 2.40. The highest BCUT2D eigenvalue weighted by Crippen LogP contribution is 2.32. The Hall–Kier alpha value is -2.95. The number of aromatic nitrogens is 2. The molecule has 2 fully saturated rings. The van der Waals surface area contributed by atoms with Gasteiger partial charge in [-0.2, -0.15) is 13.2 Å². The monoisotopic (exact) mass is 505 g/mol. The summed E-state index contributed by atoms with van der Waals surface area (Å²) in [6, 6.07) is 13.0. The lowest BCUT2D eigenvalue weighted by Gasteiger charge is -2.39. The van der Waals surface area contributed by atoms with Crippen molar-refractivity contribution in [1.29, 1.82) is 0 Å². The zero-order valence-electron chi connectivity index (χ0n) is 18.6. The molecular formula is C24H23ClF3N5O2. The second-order valence-electron chi connectivity index (χ2n) is 8.76. The van der Waals surface area contributed by atoms with Crippen LogP contribution in [-0.4, -0.2) is 82.2 Å². The van der Waals surface area contributed by atoms with E-state index in [2.05, 4.69) is 14.9 Å². The Labute approximate surface area is 204 Å². The molecule has 0 bridgehead atoms. The largest absolute Gasteiger partial charge is 0.451 e. The number of piperazine rings is 1. The Balaban J connectivity index is 1.29. The predicted octanol–water partition coefficient (Wildman–Crippen LogP) is 3.31. The standard InChI is InChI=1S/C24H23ClF3N5O2/c25-16-7-5-15(6-8-16)22(35)33-13-19(20(34)14-33)31-9-11-32(12-10-31)21-17-3-1-2-4-18(17)29-23(30-21)24(26,27)28/h1-8,19-20,34H,9-14H2/t19-,20-/m0/s1. The van der Waals surface area contributed by atoms with Crippen LogP contribution < -0.4 is 4.90 Å². The summed E-state index contributed by atoms with van der Waals surface area (Å²) in [5, 5.41) is 11.8. The minimum absolute atomic E-state index is 0.172. The number of halogens is 4. The van der Waals surface area contributed by atoms with Crippen LogP contribution in [0.1, 0.15) is 16.2 Å². The number of benzene rings is 2. The zero-order chi connectivity index (χ0) is 24.7. The van der Waals surface area contributed by atoms with Crippen LogP contribution in [0.25, 0.3) is 10.9 Å². The smallest absolute Gasteiger partial charge is 0.390 e. The van der Waals surface area contributed by atoms with E-state index in [9.17, 15) is 23.1 Å². The highest BCUT2D eigenvalue weighted by molar-refractivity contribution is 6.30. The molecule has 0 spiro atoms. The van der Waals surface area contributed by atoms with Crippen LogP contribution in [0.15, 0.2) is 48.5 Å². The summed E-state index contributed by atoms with van der Waals surface area (Å²) in [4.78, 5) is 25.9. The maximum absolute atomic E-state index is 13.4. The molecule has 35 heavy (non-hydrogen) atoms. The summed E-state index contributed by atoms with van der Waals surface area (Å²) in [7, 11) is 0. The Bertz CT molecular complexity index is 1230.